The summed E-state index contributed by atoms with van der Waals surface area (Å²) in [4.78, 5) is 33.1. The van der Waals surface area contributed by atoms with Gasteiger partial charge in [0.05, 0.1) is 5.56 Å². The van der Waals surface area contributed by atoms with Crippen molar-refractivity contribution in [1.29, 1.82) is 0 Å². The van der Waals surface area contributed by atoms with E-state index in [1.165, 1.54) is 0 Å². The monoisotopic (exact) mass is 324 g/mol. The summed E-state index contributed by atoms with van der Waals surface area (Å²) in [7, 11) is 0. The standard InChI is InChI=1S/C18H28O5/c1-12(2)14-10-9-13(11-19)15(20-22-17(3,4)5)16(14)21-23-18(6,7)8/h9-12H,1-8H3. The number of hydrogen-bond acceptors (Lipinski definition) is 5. The van der Waals surface area contributed by atoms with E-state index in [0.29, 0.717) is 17.6 Å². The molecule has 0 fully saturated rings. The van der Waals surface area contributed by atoms with Gasteiger partial charge in [-0.3, -0.25) is 4.79 Å². The molecule has 23 heavy (non-hydrogen) atoms. The highest BCUT2D eigenvalue weighted by atomic mass is 17.2. The lowest BCUT2D eigenvalue weighted by molar-refractivity contribution is -0.292. The van der Waals surface area contributed by atoms with Gasteiger partial charge in [0.15, 0.2) is 6.29 Å². The van der Waals surface area contributed by atoms with E-state index in [-0.39, 0.29) is 11.7 Å². The van der Waals surface area contributed by atoms with Gasteiger partial charge < -0.3 is 9.78 Å². The lowest BCUT2D eigenvalue weighted by Crippen LogP contribution is -2.24. The molecule has 0 atom stereocenters. The second-order valence-corrected chi connectivity index (χ2v) is 7.73. The van der Waals surface area contributed by atoms with E-state index in [9.17, 15) is 4.79 Å². The zero-order chi connectivity index (χ0) is 17.8. The van der Waals surface area contributed by atoms with E-state index in [2.05, 4.69) is 0 Å². The zero-order valence-corrected chi connectivity index (χ0v) is 15.4. The Morgan fingerprint density at radius 3 is 1.74 bits per heavy atom. The quantitative estimate of drug-likeness (QED) is 0.426. The summed E-state index contributed by atoms with van der Waals surface area (Å²) in [6.07, 6.45) is 0.704. The van der Waals surface area contributed by atoms with Crippen LogP contribution in [-0.4, -0.2) is 17.5 Å². The largest absolute Gasteiger partial charge is 0.333 e. The number of aldehydes is 1. The second kappa shape index (κ2) is 7.32. The number of carbonyl (C=O) groups excluding carboxylic acids is 1. The first-order chi connectivity index (χ1) is 10.4. The van der Waals surface area contributed by atoms with E-state index in [1.54, 1.807) is 6.07 Å². The van der Waals surface area contributed by atoms with Crippen molar-refractivity contribution < 1.29 is 24.3 Å². The summed E-state index contributed by atoms with van der Waals surface area (Å²) in [5.41, 5.74) is 0.169. The molecule has 1 rings (SSSR count). The molecule has 0 aliphatic heterocycles. The highest BCUT2D eigenvalue weighted by Crippen LogP contribution is 2.39. The van der Waals surface area contributed by atoms with Crippen molar-refractivity contribution in [2.75, 3.05) is 0 Å². The molecule has 1 aromatic rings. The highest BCUT2D eigenvalue weighted by Gasteiger charge is 2.24. The molecule has 0 saturated carbocycles. The summed E-state index contributed by atoms with van der Waals surface area (Å²) in [5.74, 6) is 0.750. The molecule has 0 bridgehead atoms. The van der Waals surface area contributed by atoms with Crippen LogP contribution in [0.1, 0.15) is 77.2 Å². The summed E-state index contributed by atoms with van der Waals surface area (Å²) in [5, 5.41) is 0. The van der Waals surface area contributed by atoms with E-state index < -0.39 is 11.2 Å². The van der Waals surface area contributed by atoms with Crippen LogP contribution in [-0.2, 0) is 9.78 Å². The van der Waals surface area contributed by atoms with E-state index in [0.717, 1.165) is 5.56 Å². The topological polar surface area (TPSA) is 54.0 Å². The van der Waals surface area contributed by atoms with Crippen LogP contribution >= 0.6 is 0 Å². The molecule has 0 amide bonds. The van der Waals surface area contributed by atoms with Gasteiger partial charge in [-0.25, -0.2) is 0 Å². The van der Waals surface area contributed by atoms with Crippen molar-refractivity contribution >= 4 is 6.29 Å². The third-order valence-corrected chi connectivity index (χ3v) is 2.67. The van der Waals surface area contributed by atoms with Crippen LogP contribution in [0.15, 0.2) is 12.1 Å². The van der Waals surface area contributed by atoms with Crippen LogP contribution in [0.5, 0.6) is 11.5 Å². The normalized spacial score (nSPS) is 12.4. The molecule has 0 spiro atoms. The van der Waals surface area contributed by atoms with Gasteiger partial charge in [-0.15, -0.1) is 0 Å². The van der Waals surface area contributed by atoms with Gasteiger partial charge in [0, 0.05) is 5.56 Å². The Labute approximate surface area is 138 Å². The van der Waals surface area contributed by atoms with E-state index in [4.69, 9.17) is 19.6 Å². The van der Waals surface area contributed by atoms with Crippen molar-refractivity contribution in [3.05, 3.63) is 23.3 Å². The molecule has 0 N–H and O–H groups in total. The van der Waals surface area contributed by atoms with Crippen LogP contribution in [0.3, 0.4) is 0 Å². The lowest BCUT2D eigenvalue weighted by Gasteiger charge is -2.24. The fourth-order valence-corrected chi connectivity index (χ4v) is 1.65. The van der Waals surface area contributed by atoms with Crippen LogP contribution in [0.4, 0.5) is 0 Å². The minimum absolute atomic E-state index is 0.159. The average Bonchev–Trinajstić information content (AvgIpc) is 2.40. The van der Waals surface area contributed by atoms with Crippen LogP contribution in [0, 0.1) is 0 Å². The predicted molar refractivity (Wildman–Crippen MR) is 88.9 cm³/mol. The molecule has 0 unspecified atom stereocenters. The van der Waals surface area contributed by atoms with Gasteiger partial charge in [-0.05, 0) is 53.5 Å². The van der Waals surface area contributed by atoms with Crippen molar-refractivity contribution in [3.8, 4) is 11.5 Å². The maximum absolute atomic E-state index is 11.4. The molecule has 0 aliphatic carbocycles. The zero-order valence-electron chi connectivity index (χ0n) is 15.4. The Kier molecular flexibility index (Phi) is 6.19. The maximum Gasteiger partial charge on any atom is 0.222 e. The lowest BCUT2D eigenvalue weighted by atomic mass is 10.00. The van der Waals surface area contributed by atoms with Crippen LogP contribution in [0.25, 0.3) is 0 Å². The van der Waals surface area contributed by atoms with Crippen molar-refractivity contribution in [2.24, 2.45) is 0 Å². The van der Waals surface area contributed by atoms with E-state index >= 15 is 0 Å². The SMILES string of the molecule is CC(C)c1ccc(C=O)c(OOC(C)(C)C)c1OOC(C)(C)C. The fraction of sp³-hybridized carbons (Fsp3) is 0.611. The Bertz CT molecular complexity index is 536. The van der Waals surface area contributed by atoms with Gasteiger partial charge >= 0.3 is 0 Å². The molecule has 5 nitrogen and oxygen atoms in total. The molecule has 1 aromatic carbocycles. The third-order valence-electron chi connectivity index (χ3n) is 2.67. The summed E-state index contributed by atoms with van der Waals surface area (Å²) < 4.78 is 0. The Morgan fingerprint density at radius 1 is 0.870 bits per heavy atom. The molecule has 0 aliphatic rings. The average molecular weight is 324 g/mol. The first kappa shape index (κ1) is 19.5. The smallest absolute Gasteiger partial charge is 0.222 e. The van der Waals surface area contributed by atoms with Crippen molar-refractivity contribution in [2.45, 2.75) is 72.5 Å². The Balaban J connectivity index is 3.29. The molecule has 0 aromatic heterocycles. The minimum atomic E-state index is -0.532. The molecular weight excluding hydrogens is 296 g/mol. The van der Waals surface area contributed by atoms with Crippen LogP contribution < -0.4 is 9.78 Å². The van der Waals surface area contributed by atoms with Crippen molar-refractivity contribution in [1.82, 2.24) is 0 Å². The first-order valence-electron chi connectivity index (χ1n) is 7.78. The molecule has 130 valence electrons. The minimum Gasteiger partial charge on any atom is -0.333 e. The Morgan fingerprint density at radius 2 is 1.35 bits per heavy atom. The second-order valence-electron chi connectivity index (χ2n) is 7.73. The van der Waals surface area contributed by atoms with Gasteiger partial charge in [0.25, 0.3) is 0 Å². The van der Waals surface area contributed by atoms with Crippen LogP contribution in [0.2, 0.25) is 0 Å². The summed E-state index contributed by atoms with van der Waals surface area (Å²) in [6.45, 7) is 15.2. The van der Waals surface area contributed by atoms with Crippen molar-refractivity contribution in [3.63, 3.8) is 0 Å². The molecular formula is C18H28O5. The van der Waals surface area contributed by atoms with Gasteiger partial charge in [-0.1, -0.05) is 19.9 Å². The fourth-order valence-electron chi connectivity index (χ4n) is 1.65. The maximum atomic E-state index is 11.4. The molecule has 0 heterocycles. The predicted octanol–water partition coefficient (Wildman–Crippen LogP) is 4.84. The number of carbonyl (C=O) groups is 1. The highest BCUT2D eigenvalue weighted by molar-refractivity contribution is 5.81. The molecule has 0 saturated heterocycles. The number of hydrogen-bond donors (Lipinski definition) is 0. The number of rotatable bonds is 6. The Hall–Kier alpha value is -1.59. The molecule has 5 heteroatoms. The van der Waals surface area contributed by atoms with Gasteiger partial charge in [-0.2, -0.15) is 9.78 Å². The van der Waals surface area contributed by atoms with Gasteiger partial charge in [0.2, 0.25) is 11.5 Å². The van der Waals surface area contributed by atoms with Gasteiger partial charge in [0.1, 0.15) is 11.2 Å². The summed E-state index contributed by atoms with van der Waals surface area (Å²) >= 11 is 0. The van der Waals surface area contributed by atoms with E-state index in [1.807, 2.05) is 61.5 Å². The summed E-state index contributed by atoms with van der Waals surface area (Å²) in [6, 6.07) is 3.52. The number of benzene rings is 1. The first-order valence-corrected chi connectivity index (χ1v) is 7.78. The third kappa shape index (κ3) is 6.20. The molecule has 0 radical (unpaired) electrons.